The third-order valence-corrected chi connectivity index (χ3v) is 4.16. The summed E-state index contributed by atoms with van der Waals surface area (Å²) in [6, 6.07) is 7.94. The lowest BCUT2D eigenvalue weighted by atomic mass is 9.85. The van der Waals surface area contributed by atoms with Gasteiger partial charge in [0.1, 0.15) is 17.2 Å². The molecule has 0 fully saturated rings. The van der Waals surface area contributed by atoms with Crippen LogP contribution in [0.1, 0.15) is 55.6 Å². The van der Waals surface area contributed by atoms with Crippen molar-refractivity contribution in [2.45, 2.75) is 40.2 Å². The van der Waals surface area contributed by atoms with Gasteiger partial charge in [-0.1, -0.05) is 27.7 Å². The maximum atomic E-state index is 11.8. The fraction of sp³-hybridized carbons (Fsp3) is 0.421. The molecule has 1 unspecified atom stereocenters. The van der Waals surface area contributed by atoms with E-state index in [2.05, 4.69) is 10.6 Å². The molecule has 0 aliphatic heterocycles. The van der Waals surface area contributed by atoms with Gasteiger partial charge in [0.15, 0.2) is 0 Å². The Hall–Kier alpha value is -2.83. The number of hydrogen-bond acceptors (Lipinski definition) is 5. The molecule has 26 heavy (non-hydrogen) atoms. The summed E-state index contributed by atoms with van der Waals surface area (Å²) in [5.74, 6) is 1.21. The summed E-state index contributed by atoms with van der Waals surface area (Å²) < 4.78 is 5.88. The maximum Gasteiger partial charge on any atom is 0.293 e. The normalized spacial score (nSPS) is 12.5. The van der Waals surface area contributed by atoms with Gasteiger partial charge in [-0.05, 0) is 29.7 Å². The van der Waals surface area contributed by atoms with Crippen LogP contribution in [0.25, 0.3) is 0 Å². The lowest BCUT2D eigenvalue weighted by molar-refractivity contribution is -0.384. The number of nitro groups is 1. The quantitative estimate of drug-likeness (QED) is 0.592. The number of amides is 1. The van der Waals surface area contributed by atoms with Gasteiger partial charge in [0, 0.05) is 25.1 Å². The van der Waals surface area contributed by atoms with Crippen molar-refractivity contribution in [3.63, 3.8) is 0 Å². The predicted molar refractivity (Wildman–Crippen MR) is 100 cm³/mol. The third-order valence-electron chi connectivity index (χ3n) is 4.16. The second-order valence-corrected chi connectivity index (χ2v) is 7.17. The van der Waals surface area contributed by atoms with Crippen LogP contribution >= 0.6 is 0 Å². The number of nitrogens with one attached hydrogen (secondary N) is 2. The zero-order chi connectivity index (χ0) is 19.5. The van der Waals surface area contributed by atoms with Crippen LogP contribution in [0.15, 0.2) is 34.7 Å². The highest BCUT2D eigenvalue weighted by molar-refractivity contribution is 5.95. The van der Waals surface area contributed by atoms with Crippen LogP contribution in [-0.2, 0) is 6.42 Å². The lowest BCUT2D eigenvalue weighted by Crippen LogP contribution is -2.26. The standard InChI is InChI=1S/C19H25N3O4/c1-6-13-8-10-16(26-13)17(19(2,3)4)21-14-9-7-12(18(23)20-5)11-15(14)22(24)25/h7-11,17,21H,6H2,1-5H3,(H,20,23). The van der Waals surface area contributed by atoms with Crippen LogP contribution in [0.4, 0.5) is 11.4 Å². The van der Waals surface area contributed by atoms with E-state index >= 15 is 0 Å². The van der Waals surface area contributed by atoms with Gasteiger partial charge >= 0.3 is 0 Å². The summed E-state index contributed by atoms with van der Waals surface area (Å²) in [6.07, 6.45) is 0.776. The Morgan fingerprint density at radius 3 is 2.46 bits per heavy atom. The Morgan fingerprint density at radius 2 is 1.96 bits per heavy atom. The van der Waals surface area contributed by atoms with E-state index in [1.165, 1.54) is 13.1 Å². The average molecular weight is 359 g/mol. The van der Waals surface area contributed by atoms with Gasteiger partial charge in [0.2, 0.25) is 0 Å². The monoisotopic (exact) mass is 359 g/mol. The Balaban J connectivity index is 2.44. The lowest BCUT2D eigenvalue weighted by Gasteiger charge is -2.30. The number of aryl methyl sites for hydroxylation is 1. The largest absolute Gasteiger partial charge is 0.464 e. The van der Waals surface area contributed by atoms with Gasteiger partial charge in [-0.15, -0.1) is 0 Å². The number of rotatable bonds is 6. The number of nitro benzene ring substituents is 1. The van der Waals surface area contributed by atoms with E-state index in [9.17, 15) is 14.9 Å². The first kappa shape index (κ1) is 19.5. The van der Waals surface area contributed by atoms with Crippen LogP contribution < -0.4 is 10.6 Å². The molecule has 1 aromatic heterocycles. The number of carbonyl (C=O) groups is 1. The molecule has 0 saturated heterocycles. The molecule has 140 valence electrons. The second-order valence-electron chi connectivity index (χ2n) is 7.17. The molecule has 1 amide bonds. The van der Waals surface area contributed by atoms with Crippen molar-refractivity contribution in [3.05, 3.63) is 57.5 Å². The summed E-state index contributed by atoms with van der Waals surface area (Å²) in [6.45, 7) is 8.10. The Morgan fingerprint density at radius 1 is 1.27 bits per heavy atom. The van der Waals surface area contributed by atoms with Crippen molar-refractivity contribution in [2.75, 3.05) is 12.4 Å². The van der Waals surface area contributed by atoms with Crippen molar-refractivity contribution in [1.29, 1.82) is 0 Å². The summed E-state index contributed by atoms with van der Waals surface area (Å²) in [7, 11) is 1.48. The van der Waals surface area contributed by atoms with Crippen LogP contribution in [0, 0.1) is 15.5 Å². The Kier molecular flexibility index (Phi) is 5.69. The summed E-state index contributed by atoms with van der Waals surface area (Å²) in [5.41, 5.74) is 0.180. The average Bonchev–Trinajstić information content (AvgIpc) is 3.06. The summed E-state index contributed by atoms with van der Waals surface area (Å²) in [5, 5.41) is 17.2. The molecule has 2 N–H and O–H groups in total. The maximum absolute atomic E-state index is 11.8. The zero-order valence-corrected chi connectivity index (χ0v) is 15.8. The second kappa shape index (κ2) is 7.59. The van der Waals surface area contributed by atoms with Crippen molar-refractivity contribution in [3.8, 4) is 0 Å². The molecule has 7 heteroatoms. The van der Waals surface area contributed by atoms with Gasteiger partial charge < -0.3 is 15.1 Å². The van der Waals surface area contributed by atoms with E-state index in [0.717, 1.165) is 17.9 Å². The minimum Gasteiger partial charge on any atom is -0.464 e. The number of carbonyl (C=O) groups excluding carboxylic acids is 1. The van der Waals surface area contributed by atoms with E-state index in [0.29, 0.717) is 5.69 Å². The third kappa shape index (κ3) is 4.22. The molecule has 2 rings (SSSR count). The van der Waals surface area contributed by atoms with Gasteiger partial charge in [-0.3, -0.25) is 14.9 Å². The molecular weight excluding hydrogens is 334 g/mol. The number of nitrogens with zero attached hydrogens (tertiary/aromatic N) is 1. The highest BCUT2D eigenvalue weighted by atomic mass is 16.6. The van der Waals surface area contributed by atoms with E-state index in [4.69, 9.17) is 4.42 Å². The predicted octanol–water partition coefficient (Wildman–Crippen LogP) is 4.31. The highest BCUT2D eigenvalue weighted by Crippen LogP contribution is 2.39. The van der Waals surface area contributed by atoms with Crippen molar-refractivity contribution in [1.82, 2.24) is 5.32 Å². The molecule has 0 aliphatic carbocycles. The molecule has 0 bridgehead atoms. The fourth-order valence-electron chi connectivity index (χ4n) is 2.70. The van der Waals surface area contributed by atoms with Crippen molar-refractivity contribution >= 4 is 17.3 Å². The van der Waals surface area contributed by atoms with E-state index in [-0.39, 0.29) is 28.6 Å². The van der Waals surface area contributed by atoms with E-state index in [1.54, 1.807) is 12.1 Å². The molecular formula is C19H25N3O4. The zero-order valence-electron chi connectivity index (χ0n) is 15.8. The first-order valence-corrected chi connectivity index (χ1v) is 8.53. The van der Waals surface area contributed by atoms with Crippen molar-refractivity contribution < 1.29 is 14.1 Å². The number of hydrogen-bond donors (Lipinski definition) is 2. The smallest absolute Gasteiger partial charge is 0.293 e. The molecule has 1 atom stereocenters. The minimum absolute atomic E-state index is 0.150. The Labute approximate surface area is 152 Å². The van der Waals surface area contributed by atoms with Gasteiger partial charge in [-0.2, -0.15) is 0 Å². The summed E-state index contributed by atoms with van der Waals surface area (Å²) in [4.78, 5) is 22.8. The van der Waals surface area contributed by atoms with E-state index < -0.39 is 4.92 Å². The molecule has 7 nitrogen and oxygen atoms in total. The number of benzene rings is 1. The van der Waals surface area contributed by atoms with Gasteiger partial charge in [0.05, 0.1) is 11.0 Å². The fourth-order valence-corrected chi connectivity index (χ4v) is 2.70. The van der Waals surface area contributed by atoms with Crippen molar-refractivity contribution in [2.24, 2.45) is 5.41 Å². The molecule has 2 aromatic rings. The van der Waals surface area contributed by atoms with Crippen LogP contribution in [0.3, 0.4) is 0 Å². The minimum atomic E-state index is -0.492. The molecule has 0 aliphatic rings. The first-order valence-electron chi connectivity index (χ1n) is 8.53. The highest BCUT2D eigenvalue weighted by Gasteiger charge is 2.31. The Bertz CT molecular complexity index is 805. The van der Waals surface area contributed by atoms with Gasteiger partial charge in [0.25, 0.3) is 11.6 Å². The van der Waals surface area contributed by atoms with Crippen LogP contribution in [-0.4, -0.2) is 17.9 Å². The number of anilines is 1. The number of furan rings is 1. The van der Waals surface area contributed by atoms with E-state index in [1.807, 2.05) is 39.8 Å². The van der Waals surface area contributed by atoms with Gasteiger partial charge in [-0.25, -0.2) is 0 Å². The molecule has 0 saturated carbocycles. The first-order chi connectivity index (χ1) is 12.2. The summed E-state index contributed by atoms with van der Waals surface area (Å²) >= 11 is 0. The van der Waals surface area contributed by atoms with Crippen LogP contribution in [0.2, 0.25) is 0 Å². The van der Waals surface area contributed by atoms with Crippen LogP contribution in [0.5, 0.6) is 0 Å². The molecule has 1 aromatic carbocycles. The molecule has 0 radical (unpaired) electrons. The SMILES string of the molecule is CCc1ccc(C(Nc2ccc(C(=O)NC)cc2[N+](=O)[O-])C(C)(C)C)o1. The molecule has 0 spiro atoms. The topological polar surface area (TPSA) is 97.4 Å². The molecule has 1 heterocycles.